The molecule has 0 aliphatic heterocycles. The SMILES string of the molecule is CC(C)=Nn1nc(C)c(C)c1N. The van der Waals surface area contributed by atoms with Gasteiger partial charge in [-0.3, -0.25) is 0 Å². The van der Waals surface area contributed by atoms with Crippen LogP contribution in [0, 0.1) is 13.8 Å². The molecule has 0 radical (unpaired) electrons. The van der Waals surface area contributed by atoms with Gasteiger partial charge in [0.15, 0.2) is 5.82 Å². The van der Waals surface area contributed by atoms with Crippen molar-refractivity contribution in [1.82, 2.24) is 9.89 Å². The molecule has 0 aliphatic rings. The van der Waals surface area contributed by atoms with Crippen LogP contribution in [0.15, 0.2) is 5.10 Å². The number of nitrogens with zero attached hydrogens (tertiary/aromatic N) is 3. The van der Waals surface area contributed by atoms with Crippen molar-refractivity contribution in [2.45, 2.75) is 27.7 Å². The molecule has 0 aromatic carbocycles. The van der Waals surface area contributed by atoms with Crippen LogP contribution in [-0.2, 0) is 0 Å². The first-order valence-corrected chi connectivity index (χ1v) is 3.86. The fourth-order valence-corrected chi connectivity index (χ4v) is 0.872. The Kier molecular flexibility index (Phi) is 2.17. The zero-order valence-corrected chi connectivity index (χ0v) is 7.92. The van der Waals surface area contributed by atoms with Crippen LogP contribution in [0.1, 0.15) is 25.1 Å². The van der Waals surface area contributed by atoms with Gasteiger partial charge in [-0.25, -0.2) is 0 Å². The highest BCUT2D eigenvalue weighted by atomic mass is 15.5. The summed E-state index contributed by atoms with van der Waals surface area (Å²) in [5.74, 6) is 0.619. The maximum Gasteiger partial charge on any atom is 0.150 e. The van der Waals surface area contributed by atoms with Crippen molar-refractivity contribution >= 4 is 11.5 Å². The summed E-state index contributed by atoms with van der Waals surface area (Å²) in [6.45, 7) is 7.68. The normalized spacial score (nSPS) is 10.0. The predicted octanol–water partition coefficient (Wildman–Crippen LogP) is 1.33. The number of anilines is 1. The average molecular weight is 166 g/mol. The van der Waals surface area contributed by atoms with E-state index >= 15 is 0 Å². The number of aromatic nitrogens is 2. The second-order valence-corrected chi connectivity index (χ2v) is 3.03. The van der Waals surface area contributed by atoms with Gasteiger partial charge in [0.05, 0.1) is 5.69 Å². The van der Waals surface area contributed by atoms with E-state index in [0.717, 1.165) is 17.0 Å². The van der Waals surface area contributed by atoms with Crippen molar-refractivity contribution in [2.24, 2.45) is 5.10 Å². The largest absolute Gasteiger partial charge is 0.382 e. The minimum Gasteiger partial charge on any atom is -0.382 e. The Bertz CT molecular complexity index is 318. The molecule has 1 rings (SSSR count). The summed E-state index contributed by atoms with van der Waals surface area (Å²) in [6, 6.07) is 0. The van der Waals surface area contributed by atoms with Gasteiger partial charge in [0, 0.05) is 11.3 Å². The standard InChI is InChI=1S/C8H14N4/c1-5(2)10-12-8(9)6(3)7(4)11-12/h9H2,1-4H3. The number of hydrogen-bond acceptors (Lipinski definition) is 3. The van der Waals surface area contributed by atoms with E-state index in [1.54, 1.807) is 0 Å². The topological polar surface area (TPSA) is 56.2 Å². The smallest absolute Gasteiger partial charge is 0.150 e. The second kappa shape index (κ2) is 2.97. The van der Waals surface area contributed by atoms with Crippen LogP contribution in [0.25, 0.3) is 0 Å². The lowest BCUT2D eigenvalue weighted by Gasteiger charge is -1.95. The van der Waals surface area contributed by atoms with Crippen molar-refractivity contribution < 1.29 is 0 Å². The molecule has 1 heterocycles. The first-order valence-electron chi connectivity index (χ1n) is 3.86. The van der Waals surface area contributed by atoms with Gasteiger partial charge in [0.2, 0.25) is 0 Å². The van der Waals surface area contributed by atoms with Crippen LogP contribution in [0.4, 0.5) is 5.82 Å². The van der Waals surface area contributed by atoms with E-state index in [2.05, 4.69) is 10.2 Å². The fourth-order valence-electron chi connectivity index (χ4n) is 0.872. The molecular formula is C8H14N4. The molecule has 12 heavy (non-hydrogen) atoms. The summed E-state index contributed by atoms with van der Waals surface area (Å²) in [6.07, 6.45) is 0. The van der Waals surface area contributed by atoms with Gasteiger partial charge < -0.3 is 5.73 Å². The maximum absolute atomic E-state index is 5.75. The molecular weight excluding hydrogens is 152 g/mol. The molecule has 1 aromatic heterocycles. The van der Waals surface area contributed by atoms with Crippen molar-refractivity contribution in [2.75, 3.05) is 5.73 Å². The van der Waals surface area contributed by atoms with Gasteiger partial charge in [0.25, 0.3) is 0 Å². The molecule has 0 unspecified atom stereocenters. The van der Waals surface area contributed by atoms with Crippen molar-refractivity contribution in [3.8, 4) is 0 Å². The molecule has 1 aromatic rings. The van der Waals surface area contributed by atoms with Crippen LogP contribution in [0.5, 0.6) is 0 Å². The monoisotopic (exact) mass is 166 g/mol. The lowest BCUT2D eigenvalue weighted by atomic mass is 10.3. The lowest BCUT2D eigenvalue weighted by Crippen LogP contribution is -2.01. The summed E-state index contributed by atoms with van der Waals surface area (Å²) in [4.78, 5) is 1.47. The molecule has 0 aliphatic carbocycles. The molecule has 0 spiro atoms. The average Bonchev–Trinajstić information content (AvgIpc) is 2.17. The van der Waals surface area contributed by atoms with E-state index < -0.39 is 0 Å². The Hall–Kier alpha value is -1.32. The molecule has 4 heteroatoms. The van der Waals surface area contributed by atoms with Crippen LogP contribution in [0.2, 0.25) is 0 Å². The number of hydrogen-bond donors (Lipinski definition) is 1. The minimum atomic E-state index is 0.619. The molecule has 0 amide bonds. The number of aryl methyl sites for hydroxylation is 1. The minimum absolute atomic E-state index is 0.619. The number of nitrogen functional groups attached to an aromatic ring is 1. The summed E-state index contributed by atoms with van der Waals surface area (Å²) in [7, 11) is 0. The van der Waals surface area contributed by atoms with Gasteiger partial charge in [-0.1, -0.05) is 0 Å². The van der Waals surface area contributed by atoms with E-state index in [1.807, 2.05) is 27.7 Å². The first-order chi connectivity index (χ1) is 5.52. The summed E-state index contributed by atoms with van der Waals surface area (Å²) >= 11 is 0. The Labute approximate surface area is 72.1 Å². The molecule has 2 N–H and O–H groups in total. The van der Waals surface area contributed by atoms with Gasteiger partial charge in [0.1, 0.15) is 0 Å². The van der Waals surface area contributed by atoms with E-state index in [4.69, 9.17) is 5.73 Å². The molecule has 4 nitrogen and oxygen atoms in total. The molecule has 66 valence electrons. The van der Waals surface area contributed by atoms with Crippen LogP contribution in [0.3, 0.4) is 0 Å². The predicted molar refractivity (Wildman–Crippen MR) is 50.3 cm³/mol. The van der Waals surface area contributed by atoms with E-state index in [9.17, 15) is 0 Å². The van der Waals surface area contributed by atoms with E-state index in [-0.39, 0.29) is 0 Å². The summed E-state index contributed by atoms with van der Waals surface area (Å²) < 4.78 is 0. The van der Waals surface area contributed by atoms with Crippen LogP contribution < -0.4 is 5.73 Å². The Morgan fingerprint density at radius 3 is 2.33 bits per heavy atom. The highest BCUT2D eigenvalue weighted by Crippen LogP contribution is 2.13. The molecule has 0 bridgehead atoms. The zero-order valence-electron chi connectivity index (χ0n) is 7.92. The van der Waals surface area contributed by atoms with Crippen molar-refractivity contribution in [3.63, 3.8) is 0 Å². The van der Waals surface area contributed by atoms with Crippen molar-refractivity contribution in [3.05, 3.63) is 11.3 Å². The van der Waals surface area contributed by atoms with Crippen LogP contribution in [-0.4, -0.2) is 15.6 Å². The Morgan fingerprint density at radius 1 is 1.42 bits per heavy atom. The third kappa shape index (κ3) is 1.47. The molecule has 0 atom stereocenters. The zero-order chi connectivity index (χ0) is 9.30. The van der Waals surface area contributed by atoms with Gasteiger partial charge in [-0.15, -0.1) is 4.79 Å². The summed E-state index contributed by atoms with van der Waals surface area (Å²) in [5.41, 5.74) is 8.61. The first kappa shape index (κ1) is 8.77. The highest BCUT2D eigenvalue weighted by Gasteiger charge is 2.06. The number of nitrogens with two attached hydrogens (primary N) is 1. The quantitative estimate of drug-likeness (QED) is 0.640. The van der Waals surface area contributed by atoms with Crippen LogP contribution >= 0.6 is 0 Å². The molecule has 0 saturated carbocycles. The summed E-state index contributed by atoms with van der Waals surface area (Å²) in [5, 5.41) is 8.29. The third-order valence-corrected chi connectivity index (χ3v) is 1.68. The Morgan fingerprint density at radius 2 is 2.00 bits per heavy atom. The van der Waals surface area contributed by atoms with Gasteiger partial charge in [-0.05, 0) is 27.7 Å². The molecule has 0 fully saturated rings. The van der Waals surface area contributed by atoms with Gasteiger partial charge in [-0.2, -0.15) is 10.2 Å². The number of rotatable bonds is 1. The van der Waals surface area contributed by atoms with E-state index in [1.165, 1.54) is 4.79 Å². The van der Waals surface area contributed by atoms with Crippen molar-refractivity contribution in [1.29, 1.82) is 0 Å². The van der Waals surface area contributed by atoms with E-state index in [0.29, 0.717) is 5.82 Å². The molecule has 0 saturated heterocycles. The van der Waals surface area contributed by atoms with Gasteiger partial charge >= 0.3 is 0 Å². The third-order valence-electron chi connectivity index (χ3n) is 1.68. The maximum atomic E-state index is 5.75. The fraction of sp³-hybridized carbons (Fsp3) is 0.500. The lowest BCUT2D eigenvalue weighted by molar-refractivity contribution is 0.740. The Balaban J connectivity index is 3.18. The highest BCUT2D eigenvalue weighted by molar-refractivity contribution is 5.79. The second-order valence-electron chi connectivity index (χ2n) is 3.03.